The van der Waals surface area contributed by atoms with E-state index in [-0.39, 0.29) is 25.7 Å². The van der Waals surface area contributed by atoms with Crippen molar-refractivity contribution in [3.05, 3.63) is 109 Å². The Morgan fingerprint density at radius 1 is 0.284 bits per heavy atom. The van der Waals surface area contributed by atoms with Crippen molar-refractivity contribution in [3.63, 3.8) is 0 Å². The van der Waals surface area contributed by atoms with Gasteiger partial charge in [0.05, 0.1) is 26.4 Å². The summed E-state index contributed by atoms with van der Waals surface area (Å²) in [5.74, 6) is -2.22. The third kappa shape index (κ3) is 74.0. The predicted octanol–water partition coefficient (Wildman–Crippen LogP) is 23.3. The van der Waals surface area contributed by atoms with Crippen molar-refractivity contribution in [2.45, 2.75) is 354 Å². The summed E-state index contributed by atoms with van der Waals surface area (Å²) in [5.41, 5.74) is 0. The maximum absolute atomic E-state index is 13.1. The van der Waals surface area contributed by atoms with Crippen molar-refractivity contribution >= 4 is 39.5 Å². The van der Waals surface area contributed by atoms with Gasteiger partial charge in [0, 0.05) is 25.7 Å². The summed E-state index contributed by atoms with van der Waals surface area (Å²) >= 11 is 0. The van der Waals surface area contributed by atoms with Gasteiger partial charge in [-0.1, -0.05) is 310 Å². The smallest absolute Gasteiger partial charge is 0.462 e. The summed E-state index contributed by atoms with van der Waals surface area (Å²) in [5, 5.41) is 10.6. The molecule has 5 unspecified atom stereocenters. The molecule has 19 heteroatoms. The van der Waals surface area contributed by atoms with E-state index in [1.807, 2.05) is 0 Å². The van der Waals surface area contributed by atoms with Gasteiger partial charge in [0.2, 0.25) is 0 Å². The van der Waals surface area contributed by atoms with Crippen molar-refractivity contribution < 1.29 is 80.2 Å². The summed E-state index contributed by atoms with van der Waals surface area (Å²) in [4.78, 5) is 73.0. The summed E-state index contributed by atoms with van der Waals surface area (Å²) in [6.07, 6.45) is 80.7. The van der Waals surface area contributed by atoms with Gasteiger partial charge in [0.15, 0.2) is 12.2 Å². The van der Waals surface area contributed by atoms with E-state index in [4.69, 9.17) is 37.0 Å². The Morgan fingerprint density at radius 3 is 0.794 bits per heavy atom. The number of aliphatic hydroxyl groups is 1. The van der Waals surface area contributed by atoms with Crippen LogP contribution in [0.2, 0.25) is 0 Å². The molecule has 0 heterocycles. The monoisotopic (exact) mass is 1470 g/mol. The maximum Gasteiger partial charge on any atom is 0.472 e. The van der Waals surface area contributed by atoms with Crippen LogP contribution in [0.15, 0.2) is 109 Å². The molecule has 0 fully saturated rings. The fourth-order valence-electron chi connectivity index (χ4n) is 10.7. The quantitative estimate of drug-likeness (QED) is 0.0169. The second kappa shape index (κ2) is 75.0. The lowest BCUT2D eigenvalue weighted by Crippen LogP contribution is -2.30. The Balaban J connectivity index is 5.35. The van der Waals surface area contributed by atoms with E-state index < -0.39 is 97.5 Å². The predicted molar refractivity (Wildman–Crippen MR) is 418 cm³/mol. The van der Waals surface area contributed by atoms with Crippen molar-refractivity contribution in [1.29, 1.82) is 0 Å². The summed E-state index contributed by atoms with van der Waals surface area (Å²) in [6.45, 7) is 4.62. The number of hydrogen-bond donors (Lipinski definition) is 3. The fraction of sp³-hybridized carbons (Fsp3) is 0.735. The van der Waals surface area contributed by atoms with E-state index in [0.717, 1.165) is 154 Å². The van der Waals surface area contributed by atoms with Gasteiger partial charge >= 0.3 is 39.5 Å². The van der Waals surface area contributed by atoms with Gasteiger partial charge in [0.1, 0.15) is 19.3 Å². The number of phosphoric ester groups is 2. The van der Waals surface area contributed by atoms with Crippen molar-refractivity contribution in [2.75, 3.05) is 39.6 Å². The molecule has 588 valence electrons. The Labute approximate surface area is 619 Å². The molecule has 0 aromatic heterocycles. The van der Waals surface area contributed by atoms with Gasteiger partial charge in [-0.15, -0.1) is 0 Å². The number of hydrogen-bond acceptors (Lipinski definition) is 15. The third-order valence-corrected chi connectivity index (χ3v) is 18.7. The van der Waals surface area contributed by atoms with Crippen LogP contribution in [0.1, 0.15) is 336 Å². The summed E-state index contributed by atoms with van der Waals surface area (Å²) in [6, 6.07) is 0. The number of aliphatic hydroxyl groups excluding tert-OH is 1. The van der Waals surface area contributed by atoms with Crippen LogP contribution in [0.5, 0.6) is 0 Å². The Morgan fingerprint density at radius 2 is 0.510 bits per heavy atom. The minimum Gasteiger partial charge on any atom is -0.462 e. The molecule has 3 N–H and O–H groups in total. The Bertz CT molecular complexity index is 2360. The second-order valence-electron chi connectivity index (χ2n) is 26.6. The molecule has 0 aliphatic rings. The van der Waals surface area contributed by atoms with Gasteiger partial charge < -0.3 is 33.8 Å². The number of unbranched alkanes of at least 4 members (excludes halogenated alkanes) is 31. The van der Waals surface area contributed by atoms with E-state index >= 15 is 0 Å². The number of allylic oxidation sites excluding steroid dienone is 18. The molecule has 0 amide bonds. The van der Waals surface area contributed by atoms with Gasteiger partial charge in [-0.05, 0) is 109 Å². The van der Waals surface area contributed by atoms with Gasteiger partial charge in [-0.3, -0.25) is 37.3 Å². The summed E-state index contributed by atoms with van der Waals surface area (Å²) in [7, 11) is -9.96. The van der Waals surface area contributed by atoms with Crippen LogP contribution in [-0.4, -0.2) is 96.7 Å². The Hall–Kier alpha value is -4.28. The van der Waals surface area contributed by atoms with Crippen LogP contribution in [0.4, 0.5) is 0 Å². The molecule has 17 nitrogen and oxygen atoms in total. The van der Waals surface area contributed by atoms with E-state index in [9.17, 15) is 43.2 Å². The first-order valence-electron chi connectivity index (χ1n) is 40.1. The molecular formula is C83H144O17P2. The average Bonchev–Trinajstić information content (AvgIpc) is 0.926. The molecular weight excluding hydrogens is 1330 g/mol. The number of carbonyl (C=O) groups excluding carboxylic acids is 4. The lowest BCUT2D eigenvalue weighted by Gasteiger charge is -2.21. The van der Waals surface area contributed by atoms with Crippen LogP contribution in [-0.2, 0) is 65.4 Å². The molecule has 0 spiro atoms. The first-order chi connectivity index (χ1) is 49.7. The normalized spacial score (nSPS) is 14.5. The fourth-order valence-corrected chi connectivity index (χ4v) is 12.3. The summed E-state index contributed by atoms with van der Waals surface area (Å²) < 4.78 is 68.6. The van der Waals surface area contributed by atoms with Crippen molar-refractivity contribution in [1.82, 2.24) is 0 Å². The molecule has 0 aliphatic heterocycles. The molecule has 0 rings (SSSR count). The molecule has 0 saturated carbocycles. The molecule has 102 heavy (non-hydrogen) atoms. The highest BCUT2D eigenvalue weighted by atomic mass is 31.2. The standard InChI is InChI=1S/C83H144O17P2/c1-5-9-13-17-21-25-29-32-35-37-38-40-43-45-49-52-56-60-64-68-80(85)93-73-78(99-82(87)69-65-61-57-53-47-28-24-20-16-12-8-4)75-97-101(89,90)95-71-77(84)72-96-102(91,92)98-76-79(100-83(88)70-66-62-58-54-50-46-41-34-31-27-23-19-15-11-7-3)74-94-81(86)67-63-59-55-51-48-44-42-39-36-33-30-26-22-18-14-10-6-2/h9-10,13-14,21-22,25-26,32-33,35-36,38,40,42,44-45,49,77-79,84H,5-8,11-12,15-20,23-24,27-31,34,37,39,41,43,46-48,50-76H2,1-4H3,(H,89,90)(H,91,92)/b13-9-,14-10-,25-21-,26-22-,35-32-,36-33-,40-38-,44-42-,49-45-. The van der Waals surface area contributed by atoms with E-state index in [0.29, 0.717) is 25.7 Å². The molecule has 0 saturated heterocycles. The highest BCUT2D eigenvalue weighted by molar-refractivity contribution is 7.47. The third-order valence-electron chi connectivity index (χ3n) is 16.8. The van der Waals surface area contributed by atoms with E-state index in [2.05, 4.69) is 137 Å². The van der Waals surface area contributed by atoms with E-state index in [1.165, 1.54) is 103 Å². The maximum atomic E-state index is 13.1. The topological polar surface area (TPSA) is 237 Å². The van der Waals surface area contributed by atoms with Crippen LogP contribution < -0.4 is 0 Å². The second-order valence-corrected chi connectivity index (χ2v) is 29.5. The molecule has 0 radical (unpaired) electrons. The Kier molecular flexibility index (Phi) is 71.8. The highest BCUT2D eigenvalue weighted by Gasteiger charge is 2.30. The lowest BCUT2D eigenvalue weighted by molar-refractivity contribution is -0.161. The first kappa shape index (κ1) is 97.7. The lowest BCUT2D eigenvalue weighted by atomic mass is 10.0. The number of rotatable bonds is 75. The average molecular weight is 1480 g/mol. The van der Waals surface area contributed by atoms with Gasteiger partial charge in [-0.25, -0.2) is 9.13 Å². The molecule has 0 aromatic rings. The molecule has 0 aliphatic carbocycles. The number of esters is 4. The SMILES string of the molecule is CC/C=C\C/C=C\C/C=C\C/C=C\C/C=C\CCCCCC(=O)OCC(COP(=O)(O)OCC(O)COP(=O)(O)OCC(COC(=O)CCCCCC/C=C\C/C=C\C/C=C\C/C=C\CC)OC(=O)CCCCCCCCCCCCCCCCC)OC(=O)CCCCCCCCCCCCC. The zero-order valence-electron chi connectivity index (χ0n) is 64.3. The van der Waals surface area contributed by atoms with Crippen molar-refractivity contribution in [3.8, 4) is 0 Å². The van der Waals surface area contributed by atoms with Gasteiger partial charge in [0.25, 0.3) is 0 Å². The number of carbonyl (C=O) groups is 4. The largest absolute Gasteiger partial charge is 0.472 e. The molecule has 0 aromatic carbocycles. The molecule has 0 bridgehead atoms. The number of phosphoric acid groups is 2. The van der Waals surface area contributed by atoms with Crippen molar-refractivity contribution in [2.24, 2.45) is 0 Å². The van der Waals surface area contributed by atoms with E-state index in [1.54, 1.807) is 0 Å². The van der Waals surface area contributed by atoms with Gasteiger partial charge in [-0.2, -0.15) is 0 Å². The minimum absolute atomic E-state index is 0.0887. The minimum atomic E-state index is -4.98. The zero-order valence-corrected chi connectivity index (χ0v) is 66.0. The first-order valence-corrected chi connectivity index (χ1v) is 43.1. The van der Waals surface area contributed by atoms with Crippen LogP contribution in [0.25, 0.3) is 0 Å². The van der Waals surface area contributed by atoms with Crippen LogP contribution >= 0.6 is 15.6 Å². The zero-order chi connectivity index (χ0) is 74.6. The van der Waals surface area contributed by atoms with Crippen LogP contribution in [0, 0.1) is 0 Å². The highest BCUT2D eigenvalue weighted by Crippen LogP contribution is 2.45. The number of ether oxygens (including phenoxy) is 4. The molecule has 5 atom stereocenters. The van der Waals surface area contributed by atoms with Crippen LogP contribution in [0.3, 0.4) is 0 Å².